The molecule has 0 radical (unpaired) electrons. The van der Waals surface area contributed by atoms with Crippen LogP contribution in [0.2, 0.25) is 0 Å². The third-order valence-electron chi connectivity index (χ3n) is 3.09. The van der Waals surface area contributed by atoms with E-state index in [1.807, 2.05) is 43.0 Å². The van der Waals surface area contributed by atoms with Gasteiger partial charge in [-0.3, -0.25) is 4.79 Å². The van der Waals surface area contributed by atoms with Gasteiger partial charge in [0, 0.05) is 25.8 Å². The zero-order valence-electron chi connectivity index (χ0n) is 11.9. The molecule has 0 saturated carbocycles. The molecule has 0 spiro atoms. The van der Waals surface area contributed by atoms with Crippen molar-refractivity contribution in [1.82, 2.24) is 4.90 Å². The molecule has 1 amide bonds. The van der Waals surface area contributed by atoms with E-state index in [1.54, 1.807) is 11.9 Å². The van der Waals surface area contributed by atoms with Crippen molar-refractivity contribution in [2.45, 2.75) is 20.3 Å². The van der Waals surface area contributed by atoms with Crippen LogP contribution in [-0.2, 0) is 4.79 Å². The highest BCUT2D eigenvalue weighted by molar-refractivity contribution is 5.81. The van der Waals surface area contributed by atoms with Crippen LogP contribution < -0.4 is 4.90 Å². The fraction of sp³-hybridized carbons (Fsp3) is 0.467. The lowest BCUT2D eigenvalue weighted by Gasteiger charge is -2.25. The summed E-state index contributed by atoms with van der Waals surface area (Å²) in [5.74, 6) is 0.0395. The molecule has 0 bridgehead atoms. The normalized spacial score (nSPS) is 9.79. The van der Waals surface area contributed by atoms with E-state index in [0.29, 0.717) is 19.5 Å². The topological polar surface area (TPSA) is 47.3 Å². The first-order valence-corrected chi connectivity index (χ1v) is 6.51. The van der Waals surface area contributed by atoms with Crippen molar-refractivity contribution in [2.75, 3.05) is 31.6 Å². The molecular formula is C15H21N3O. The monoisotopic (exact) mass is 259 g/mol. The number of carbonyl (C=O) groups is 1. The number of carbonyl (C=O) groups excluding carboxylic acids is 1. The molecule has 0 heterocycles. The zero-order valence-corrected chi connectivity index (χ0v) is 11.9. The predicted molar refractivity (Wildman–Crippen MR) is 76.9 cm³/mol. The van der Waals surface area contributed by atoms with Crippen LogP contribution in [0.4, 0.5) is 5.69 Å². The second kappa shape index (κ2) is 7.42. The standard InChI is InChI=1S/C15H21N3O/c1-4-18(14-8-6-13(2)7-9-14)12-15(19)17(3)11-5-10-16/h6-9H,4-5,11-12H2,1-3H3. The van der Waals surface area contributed by atoms with Crippen LogP contribution in [0.5, 0.6) is 0 Å². The van der Waals surface area contributed by atoms with Crippen molar-refractivity contribution >= 4 is 11.6 Å². The highest BCUT2D eigenvalue weighted by atomic mass is 16.2. The van der Waals surface area contributed by atoms with Crippen molar-refractivity contribution in [2.24, 2.45) is 0 Å². The number of hydrogen-bond acceptors (Lipinski definition) is 3. The molecule has 0 aliphatic heterocycles. The number of likely N-dealkylation sites (N-methyl/N-ethyl adjacent to an activating group) is 2. The number of rotatable bonds is 6. The fourth-order valence-corrected chi connectivity index (χ4v) is 1.77. The van der Waals surface area contributed by atoms with Gasteiger partial charge in [0.05, 0.1) is 19.0 Å². The van der Waals surface area contributed by atoms with Crippen LogP contribution in [0, 0.1) is 18.3 Å². The second-order valence-corrected chi connectivity index (χ2v) is 4.57. The Hall–Kier alpha value is -2.02. The molecule has 0 fully saturated rings. The van der Waals surface area contributed by atoms with E-state index in [1.165, 1.54) is 5.56 Å². The molecule has 0 aliphatic carbocycles. The first-order chi connectivity index (χ1) is 9.08. The third kappa shape index (κ3) is 4.63. The molecule has 102 valence electrons. The Morgan fingerprint density at radius 1 is 1.32 bits per heavy atom. The van der Waals surface area contributed by atoms with Crippen LogP contribution in [-0.4, -0.2) is 37.5 Å². The van der Waals surface area contributed by atoms with Crippen molar-refractivity contribution in [1.29, 1.82) is 5.26 Å². The first kappa shape index (κ1) is 15.0. The second-order valence-electron chi connectivity index (χ2n) is 4.57. The van der Waals surface area contributed by atoms with Crippen LogP contribution in [0.25, 0.3) is 0 Å². The minimum atomic E-state index is 0.0395. The van der Waals surface area contributed by atoms with Crippen molar-refractivity contribution in [3.05, 3.63) is 29.8 Å². The lowest BCUT2D eigenvalue weighted by atomic mass is 10.2. The number of aryl methyl sites for hydroxylation is 1. The van der Waals surface area contributed by atoms with Gasteiger partial charge in [-0.1, -0.05) is 17.7 Å². The summed E-state index contributed by atoms with van der Waals surface area (Å²) >= 11 is 0. The molecule has 0 atom stereocenters. The molecule has 4 heteroatoms. The molecule has 1 aromatic carbocycles. The lowest BCUT2D eigenvalue weighted by Crippen LogP contribution is -2.38. The summed E-state index contributed by atoms with van der Waals surface area (Å²) in [6, 6.07) is 10.2. The van der Waals surface area contributed by atoms with Crippen LogP contribution in [0.15, 0.2) is 24.3 Å². The summed E-state index contributed by atoms with van der Waals surface area (Å²) in [5.41, 5.74) is 2.26. The SMILES string of the molecule is CCN(CC(=O)N(C)CCC#N)c1ccc(C)cc1. The van der Waals surface area contributed by atoms with Gasteiger partial charge in [-0.2, -0.15) is 5.26 Å². The van der Waals surface area contributed by atoms with Crippen molar-refractivity contribution < 1.29 is 4.79 Å². The molecule has 0 N–H and O–H groups in total. The maximum absolute atomic E-state index is 12.0. The number of amides is 1. The molecule has 0 aromatic heterocycles. The van der Waals surface area contributed by atoms with Crippen LogP contribution >= 0.6 is 0 Å². The average molecular weight is 259 g/mol. The van der Waals surface area contributed by atoms with Crippen LogP contribution in [0.3, 0.4) is 0 Å². The molecule has 0 saturated heterocycles. The van der Waals surface area contributed by atoms with Crippen molar-refractivity contribution in [3.8, 4) is 6.07 Å². The van der Waals surface area contributed by atoms with E-state index >= 15 is 0 Å². The third-order valence-corrected chi connectivity index (χ3v) is 3.09. The first-order valence-electron chi connectivity index (χ1n) is 6.51. The Morgan fingerprint density at radius 2 is 1.95 bits per heavy atom. The molecular weight excluding hydrogens is 238 g/mol. The molecule has 1 rings (SSSR count). The predicted octanol–water partition coefficient (Wildman–Crippen LogP) is 2.19. The van der Waals surface area contributed by atoms with Gasteiger partial charge in [0.2, 0.25) is 5.91 Å². The highest BCUT2D eigenvalue weighted by Crippen LogP contribution is 2.14. The van der Waals surface area contributed by atoms with Crippen molar-refractivity contribution in [3.63, 3.8) is 0 Å². The van der Waals surface area contributed by atoms with E-state index in [4.69, 9.17) is 5.26 Å². The number of nitriles is 1. The van der Waals surface area contributed by atoms with E-state index in [2.05, 4.69) is 6.07 Å². The summed E-state index contributed by atoms with van der Waals surface area (Å²) in [7, 11) is 1.74. The van der Waals surface area contributed by atoms with Gasteiger partial charge in [-0.05, 0) is 26.0 Å². The number of anilines is 1. The van der Waals surface area contributed by atoms with Gasteiger partial charge in [-0.25, -0.2) is 0 Å². The summed E-state index contributed by atoms with van der Waals surface area (Å²) < 4.78 is 0. The minimum absolute atomic E-state index is 0.0395. The fourth-order valence-electron chi connectivity index (χ4n) is 1.77. The number of hydrogen-bond donors (Lipinski definition) is 0. The smallest absolute Gasteiger partial charge is 0.241 e. The van der Waals surface area contributed by atoms with Gasteiger partial charge in [0.25, 0.3) is 0 Å². The van der Waals surface area contributed by atoms with E-state index < -0.39 is 0 Å². The Labute approximate surface area is 115 Å². The Kier molecular flexibility index (Phi) is 5.87. The number of benzene rings is 1. The van der Waals surface area contributed by atoms with Crippen LogP contribution in [0.1, 0.15) is 18.9 Å². The van der Waals surface area contributed by atoms with E-state index in [0.717, 1.165) is 12.2 Å². The van der Waals surface area contributed by atoms with Gasteiger partial charge >= 0.3 is 0 Å². The van der Waals surface area contributed by atoms with Gasteiger partial charge in [0.1, 0.15) is 0 Å². The molecule has 1 aromatic rings. The highest BCUT2D eigenvalue weighted by Gasteiger charge is 2.13. The Morgan fingerprint density at radius 3 is 2.47 bits per heavy atom. The Balaban J connectivity index is 2.64. The molecule has 0 aliphatic rings. The lowest BCUT2D eigenvalue weighted by molar-refractivity contribution is -0.128. The van der Waals surface area contributed by atoms with Gasteiger partial charge in [-0.15, -0.1) is 0 Å². The largest absolute Gasteiger partial charge is 0.362 e. The minimum Gasteiger partial charge on any atom is -0.362 e. The molecule has 4 nitrogen and oxygen atoms in total. The van der Waals surface area contributed by atoms with Gasteiger partial charge in [0.15, 0.2) is 0 Å². The number of nitrogens with zero attached hydrogens (tertiary/aromatic N) is 3. The average Bonchev–Trinajstić information content (AvgIpc) is 2.42. The van der Waals surface area contributed by atoms with Gasteiger partial charge < -0.3 is 9.80 Å². The van der Waals surface area contributed by atoms with E-state index in [9.17, 15) is 4.79 Å². The Bertz CT molecular complexity index is 447. The summed E-state index contributed by atoms with van der Waals surface area (Å²) in [4.78, 5) is 15.7. The van der Waals surface area contributed by atoms with E-state index in [-0.39, 0.29) is 5.91 Å². The maximum atomic E-state index is 12.0. The summed E-state index contributed by atoms with van der Waals surface area (Å²) in [5, 5.41) is 8.53. The molecule has 0 unspecified atom stereocenters. The molecule has 19 heavy (non-hydrogen) atoms. The maximum Gasteiger partial charge on any atom is 0.241 e. The summed E-state index contributed by atoms with van der Waals surface area (Å²) in [6.07, 6.45) is 0.374. The zero-order chi connectivity index (χ0) is 14.3. The quantitative estimate of drug-likeness (QED) is 0.786. The summed E-state index contributed by atoms with van der Waals surface area (Å²) in [6.45, 7) is 5.69.